The number of benzene rings is 2. The highest BCUT2D eigenvalue weighted by Gasteiger charge is 2.38. The van der Waals surface area contributed by atoms with E-state index in [1.165, 1.54) is 0 Å². The van der Waals surface area contributed by atoms with E-state index in [9.17, 15) is 9.59 Å². The number of hydrogen-bond donors (Lipinski definition) is 0. The summed E-state index contributed by atoms with van der Waals surface area (Å²) in [6, 6.07) is 17.4. The van der Waals surface area contributed by atoms with E-state index in [1.807, 2.05) is 66.7 Å². The quantitative estimate of drug-likeness (QED) is 0.547. The van der Waals surface area contributed by atoms with Gasteiger partial charge in [-0.1, -0.05) is 54.6 Å². The normalized spacial score (nSPS) is 19.4. The largest absolute Gasteiger partial charge is 0.497 e. The lowest BCUT2D eigenvalue weighted by Crippen LogP contribution is -2.34. The topological polar surface area (TPSA) is 52.6 Å². The lowest BCUT2D eigenvalue weighted by Gasteiger charge is -2.28. The van der Waals surface area contributed by atoms with Crippen molar-refractivity contribution in [2.24, 2.45) is 5.92 Å². The van der Waals surface area contributed by atoms with Crippen molar-refractivity contribution in [3.8, 4) is 5.75 Å². The molecule has 144 valence electrons. The summed E-state index contributed by atoms with van der Waals surface area (Å²) in [4.78, 5) is 25.2. The summed E-state index contributed by atoms with van der Waals surface area (Å²) in [6.07, 6.45) is 6.08. The van der Waals surface area contributed by atoms with Crippen molar-refractivity contribution < 1.29 is 19.1 Å². The first-order valence-electron chi connectivity index (χ1n) is 9.40. The van der Waals surface area contributed by atoms with Gasteiger partial charge in [-0.3, -0.25) is 9.59 Å². The maximum absolute atomic E-state index is 12.8. The monoisotopic (exact) mass is 376 g/mol. The average Bonchev–Trinajstić information content (AvgIpc) is 2.73. The Labute approximate surface area is 165 Å². The van der Waals surface area contributed by atoms with Crippen LogP contribution in [0.4, 0.5) is 0 Å². The van der Waals surface area contributed by atoms with Crippen LogP contribution in [0.5, 0.6) is 5.75 Å². The van der Waals surface area contributed by atoms with Crippen molar-refractivity contribution in [3.63, 3.8) is 0 Å². The second-order valence-corrected chi connectivity index (χ2v) is 6.68. The van der Waals surface area contributed by atoms with E-state index >= 15 is 0 Å². The minimum atomic E-state index is -0.791. The summed E-state index contributed by atoms with van der Waals surface area (Å²) in [6.45, 7) is 2.01. The predicted octanol–water partition coefficient (Wildman–Crippen LogP) is 4.57. The summed E-state index contributed by atoms with van der Waals surface area (Å²) in [5, 5.41) is 0. The molecule has 0 fully saturated rings. The van der Waals surface area contributed by atoms with Crippen molar-refractivity contribution in [1.29, 1.82) is 0 Å². The molecular weight excluding hydrogens is 352 g/mol. The molecule has 0 unspecified atom stereocenters. The zero-order chi connectivity index (χ0) is 19.9. The Balaban J connectivity index is 1.86. The minimum Gasteiger partial charge on any atom is -0.497 e. The highest BCUT2D eigenvalue weighted by Crippen LogP contribution is 2.37. The molecule has 0 aromatic heterocycles. The lowest BCUT2D eigenvalue weighted by atomic mass is 9.75. The lowest BCUT2D eigenvalue weighted by molar-refractivity contribution is -0.151. The van der Waals surface area contributed by atoms with Crippen LogP contribution in [0.25, 0.3) is 6.08 Å². The highest BCUT2D eigenvalue weighted by atomic mass is 16.5. The Morgan fingerprint density at radius 2 is 1.79 bits per heavy atom. The van der Waals surface area contributed by atoms with Crippen LogP contribution in [0.15, 0.2) is 72.3 Å². The molecule has 0 N–H and O–H groups in total. The van der Waals surface area contributed by atoms with Gasteiger partial charge < -0.3 is 9.47 Å². The van der Waals surface area contributed by atoms with Gasteiger partial charge in [0.25, 0.3) is 0 Å². The smallest absolute Gasteiger partial charge is 0.317 e. The maximum Gasteiger partial charge on any atom is 0.317 e. The maximum atomic E-state index is 12.8. The van der Waals surface area contributed by atoms with E-state index in [4.69, 9.17) is 9.47 Å². The molecule has 0 aliphatic heterocycles. The second-order valence-electron chi connectivity index (χ2n) is 6.68. The zero-order valence-corrected chi connectivity index (χ0v) is 16.1. The van der Waals surface area contributed by atoms with Gasteiger partial charge in [0.15, 0.2) is 5.78 Å². The first-order chi connectivity index (χ1) is 13.6. The molecule has 4 heteroatoms. The second kappa shape index (κ2) is 9.18. The number of methoxy groups -OCH3 is 1. The van der Waals surface area contributed by atoms with Crippen LogP contribution >= 0.6 is 0 Å². The fourth-order valence-electron chi connectivity index (χ4n) is 3.46. The van der Waals surface area contributed by atoms with E-state index in [0.29, 0.717) is 6.42 Å². The molecule has 2 atom stereocenters. The number of ether oxygens (including phenoxy) is 2. The average molecular weight is 376 g/mol. The molecule has 0 saturated carbocycles. The summed E-state index contributed by atoms with van der Waals surface area (Å²) < 4.78 is 10.3. The van der Waals surface area contributed by atoms with Gasteiger partial charge in [0.2, 0.25) is 0 Å². The van der Waals surface area contributed by atoms with E-state index < -0.39 is 11.9 Å². The Bertz CT molecular complexity index is 879. The molecule has 0 saturated heterocycles. The molecule has 4 nitrogen and oxygen atoms in total. The molecule has 2 aromatic carbocycles. The molecule has 28 heavy (non-hydrogen) atoms. The van der Waals surface area contributed by atoms with Crippen LogP contribution in [0.3, 0.4) is 0 Å². The number of esters is 1. The van der Waals surface area contributed by atoms with Gasteiger partial charge in [-0.2, -0.15) is 0 Å². The fraction of sp³-hybridized carbons (Fsp3) is 0.250. The Morgan fingerprint density at radius 1 is 1.07 bits per heavy atom. The third kappa shape index (κ3) is 4.58. The van der Waals surface area contributed by atoms with Crippen LogP contribution in [-0.4, -0.2) is 25.5 Å². The molecule has 0 heterocycles. The molecular formula is C24H24O4. The van der Waals surface area contributed by atoms with Gasteiger partial charge >= 0.3 is 5.97 Å². The van der Waals surface area contributed by atoms with Gasteiger partial charge in [0, 0.05) is 5.92 Å². The molecule has 0 spiro atoms. The molecule has 1 aliphatic rings. The molecule has 0 bridgehead atoms. The fourth-order valence-corrected chi connectivity index (χ4v) is 3.46. The van der Waals surface area contributed by atoms with Crippen molar-refractivity contribution >= 4 is 17.8 Å². The Morgan fingerprint density at radius 3 is 2.43 bits per heavy atom. The summed E-state index contributed by atoms with van der Waals surface area (Å²) >= 11 is 0. The van der Waals surface area contributed by atoms with Gasteiger partial charge in [0.05, 0.1) is 13.7 Å². The van der Waals surface area contributed by atoms with Crippen molar-refractivity contribution in [3.05, 3.63) is 83.4 Å². The Kier molecular flexibility index (Phi) is 6.43. The standard InChI is InChI=1S/C24H24O4/c1-3-28-24(26)23-21(19-7-5-4-6-8-19)15-18(16-22(23)25)10-9-17-11-13-20(27-2)14-12-17/h4-14,16,21,23H,3,15H2,1-2H3/b10-9+/t21-,23+/m1/s1. The van der Waals surface area contributed by atoms with Gasteiger partial charge in [0.1, 0.15) is 11.7 Å². The number of ketones is 1. The van der Waals surface area contributed by atoms with Crippen LogP contribution in [0.1, 0.15) is 30.4 Å². The van der Waals surface area contributed by atoms with Crippen LogP contribution in [0, 0.1) is 5.92 Å². The summed E-state index contributed by atoms with van der Waals surface area (Å²) in [5.41, 5.74) is 2.88. The molecule has 1 aliphatic carbocycles. The first-order valence-corrected chi connectivity index (χ1v) is 9.40. The molecule has 0 radical (unpaired) electrons. The van der Waals surface area contributed by atoms with E-state index in [0.717, 1.165) is 22.4 Å². The van der Waals surface area contributed by atoms with Gasteiger partial charge in [-0.05, 0) is 48.3 Å². The van der Waals surface area contributed by atoms with Crippen LogP contribution < -0.4 is 4.74 Å². The number of hydrogen-bond acceptors (Lipinski definition) is 4. The third-order valence-electron chi connectivity index (χ3n) is 4.87. The van der Waals surface area contributed by atoms with Gasteiger partial charge in [-0.15, -0.1) is 0 Å². The minimum absolute atomic E-state index is 0.201. The van der Waals surface area contributed by atoms with Crippen LogP contribution in [-0.2, 0) is 14.3 Å². The summed E-state index contributed by atoms with van der Waals surface area (Å²) in [7, 11) is 1.63. The number of carbonyl (C=O) groups is 2. The number of allylic oxidation sites excluding steroid dienone is 3. The number of rotatable bonds is 6. The Hall–Kier alpha value is -3.14. The van der Waals surface area contributed by atoms with E-state index in [-0.39, 0.29) is 18.3 Å². The summed E-state index contributed by atoms with van der Waals surface area (Å²) in [5.74, 6) is -0.872. The SMILES string of the molecule is CCOC(=O)[C@@H]1C(=O)C=C(/C=C/c2ccc(OC)cc2)C[C@@H]1c1ccccc1. The zero-order valence-electron chi connectivity index (χ0n) is 16.1. The van der Waals surface area contributed by atoms with Crippen LogP contribution in [0.2, 0.25) is 0 Å². The van der Waals surface area contributed by atoms with E-state index in [1.54, 1.807) is 20.1 Å². The molecule has 0 amide bonds. The molecule has 3 rings (SSSR count). The van der Waals surface area contributed by atoms with Crippen molar-refractivity contribution in [2.45, 2.75) is 19.3 Å². The molecule has 2 aromatic rings. The van der Waals surface area contributed by atoms with E-state index in [2.05, 4.69) is 0 Å². The third-order valence-corrected chi connectivity index (χ3v) is 4.87. The predicted molar refractivity (Wildman–Crippen MR) is 109 cm³/mol. The van der Waals surface area contributed by atoms with Gasteiger partial charge in [-0.25, -0.2) is 0 Å². The highest BCUT2D eigenvalue weighted by molar-refractivity contribution is 6.07. The van der Waals surface area contributed by atoms with Crippen molar-refractivity contribution in [1.82, 2.24) is 0 Å². The van der Waals surface area contributed by atoms with Crippen molar-refractivity contribution in [2.75, 3.05) is 13.7 Å². The number of carbonyl (C=O) groups excluding carboxylic acids is 2. The first kappa shape index (κ1) is 19.6.